The summed E-state index contributed by atoms with van der Waals surface area (Å²) < 4.78 is 0. The predicted octanol–water partition coefficient (Wildman–Crippen LogP) is 1.70. The number of imide groups is 1. The number of carbonyl (C=O) groups excluding carboxylic acids is 3. The molecule has 1 N–H and O–H groups in total. The highest BCUT2D eigenvalue weighted by Crippen LogP contribution is 2.42. The molecule has 1 saturated heterocycles. The predicted molar refractivity (Wildman–Crippen MR) is 87.1 cm³/mol. The Morgan fingerprint density at radius 2 is 2.13 bits per heavy atom. The first kappa shape index (κ1) is 16.0. The van der Waals surface area contributed by atoms with Crippen LogP contribution in [0.25, 0.3) is 0 Å². The highest BCUT2D eigenvalue weighted by atomic mass is 32.1. The second kappa shape index (κ2) is 5.96. The van der Waals surface area contributed by atoms with Crippen LogP contribution >= 0.6 is 11.3 Å². The molecule has 1 aromatic heterocycles. The summed E-state index contributed by atoms with van der Waals surface area (Å²) in [7, 11) is 0. The second-order valence-corrected chi connectivity index (χ2v) is 6.90. The summed E-state index contributed by atoms with van der Waals surface area (Å²) in [6.07, 6.45) is 2.39. The van der Waals surface area contributed by atoms with Gasteiger partial charge in [0.25, 0.3) is 5.91 Å². The van der Waals surface area contributed by atoms with Crippen LogP contribution in [0.5, 0.6) is 0 Å². The lowest BCUT2D eigenvalue weighted by molar-refractivity contribution is -0.139. The first-order chi connectivity index (χ1) is 11.0. The van der Waals surface area contributed by atoms with Crippen molar-refractivity contribution in [1.82, 2.24) is 15.1 Å². The summed E-state index contributed by atoms with van der Waals surface area (Å²) in [5.74, 6) is -0.487. The van der Waals surface area contributed by atoms with Crippen LogP contribution in [0.15, 0.2) is 11.4 Å². The molecule has 6 nitrogen and oxygen atoms in total. The minimum atomic E-state index is -0.964. The molecule has 3 rings (SSSR count). The van der Waals surface area contributed by atoms with Crippen LogP contribution in [0.1, 0.15) is 37.1 Å². The Hall–Kier alpha value is -1.89. The fraction of sp³-hybridized carbons (Fsp3) is 0.562. The number of urea groups is 1. The monoisotopic (exact) mass is 335 g/mol. The molecule has 1 aliphatic heterocycles. The van der Waals surface area contributed by atoms with E-state index in [-0.39, 0.29) is 18.4 Å². The summed E-state index contributed by atoms with van der Waals surface area (Å²) in [4.78, 5) is 41.4. The van der Waals surface area contributed by atoms with Crippen LogP contribution < -0.4 is 5.32 Å². The van der Waals surface area contributed by atoms with Gasteiger partial charge in [0.15, 0.2) is 0 Å². The molecule has 23 heavy (non-hydrogen) atoms. The Labute approximate surface area is 139 Å². The summed E-state index contributed by atoms with van der Waals surface area (Å²) in [6, 6.07) is 1.46. The number of hydrogen-bond donors (Lipinski definition) is 1. The molecule has 1 aliphatic carbocycles. The number of likely N-dealkylation sites (N-methyl/N-ethyl adjacent to an activating group) is 1. The number of amides is 4. The molecular formula is C16H21N3O3S. The zero-order valence-electron chi connectivity index (χ0n) is 13.4. The Kier molecular flexibility index (Phi) is 4.14. The van der Waals surface area contributed by atoms with Gasteiger partial charge in [0, 0.05) is 23.5 Å². The van der Waals surface area contributed by atoms with Gasteiger partial charge in [-0.2, -0.15) is 0 Å². The van der Waals surface area contributed by atoms with E-state index in [1.807, 2.05) is 25.3 Å². The zero-order chi connectivity index (χ0) is 16.6. The number of thiophene rings is 1. The fourth-order valence-electron chi connectivity index (χ4n) is 3.50. The van der Waals surface area contributed by atoms with E-state index < -0.39 is 11.6 Å². The second-order valence-electron chi connectivity index (χ2n) is 5.90. The Bertz CT molecular complexity index is 653. The van der Waals surface area contributed by atoms with E-state index in [0.717, 1.165) is 28.2 Å². The molecule has 0 radical (unpaired) electrons. The van der Waals surface area contributed by atoms with Crippen molar-refractivity contribution in [3.63, 3.8) is 0 Å². The molecule has 4 amide bonds. The summed E-state index contributed by atoms with van der Waals surface area (Å²) in [5, 5.41) is 4.82. The largest absolute Gasteiger partial charge is 0.342 e. The molecule has 0 aromatic carbocycles. The van der Waals surface area contributed by atoms with Gasteiger partial charge in [-0.1, -0.05) is 0 Å². The van der Waals surface area contributed by atoms with E-state index >= 15 is 0 Å². The lowest BCUT2D eigenvalue weighted by Crippen LogP contribution is -2.47. The van der Waals surface area contributed by atoms with Crippen molar-refractivity contribution in [2.75, 3.05) is 19.6 Å². The average Bonchev–Trinajstić information content (AvgIpc) is 3.10. The molecule has 0 unspecified atom stereocenters. The molecular weight excluding hydrogens is 314 g/mol. The minimum Gasteiger partial charge on any atom is -0.342 e. The summed E-state index contributed by atoms with van der Waals surface area (Å²) in [5.41, 5.74) is -0.0568. The van der Waals surface area contributed by atoms with Crippen molar-refractivity contribution in [3.8, 4) is 0 Å². The Balaban J connectivity index is 1.86. The van der Waals surface area contributed by atoms with Gasteiger partial charge < -0.3 is 10.2 Å². The summed E-state index contributed by atoms with van der Waals surface area (Å²) in [6.45, 7) is 4.71. The molecule has 0 saturated carbocycles. The van der Waals surface area contributed by atoms with E-state index in [2.05, 4.69) is 5.32 Å². The van der Waals surface area contributed by atoms with E-state index in [1.165, 1.54) is 0 Å². The lowest BCUT2D eigenvalue weighted by Gasteiger charge is -2.31. The first-order valence-corrected chi connectivity index (χ1v) is 8.90. The van der Waals surface area contributed by atoms with Gasteiger partial charge in [-0.25, -0.2) is 4.79 Å². The van der Waals surface area contributed by atoms with E-state index in [9.17, 15) is 14.4 Å². The van der Waals surface area contributed by atoms with Gasteiger partial charge in [-0.3, -0.25) is 14.5 Å². The van der Waals surface area contributed by atoms with Crippen molar-refractivity contribution in [2.24, 2.45) is 0 Å². The first-order valence-electron chi connectivity index (χ1n) is 8.02. The van der Waals surface area contributed by atoms with Crippen molar-refractivity contribution in [3.05, 3.63) is 21.9 Å². The molecule has 1 aromatic rings. The summed E-state index contributed by atoms with van der Waals surface area (Å²) >= 11 is 1.62. The minimum absolute atomic E-state index is 0.187. The quantitative estimate of drug-likeness (QED) is 0.852. The third-order valence-electron chi connectivity index (χ3n) is 4.75. The Morgan fingerprint density at radius 3 is 2.83 bits per heavy atom. The number of hydrogen-bond acceptors (Lipinski definition) is 4. The van der Waals surface area contributed by atoms with Crippen molar-refractivity contribution in [1.29, 1.82) is 0 Å². The number of rotatable bonds is 4. The van der Waals surface area contributed by atoms with Gasteiger partial charge in [0.1, 0.15) is 12.1 Å². The maximum Gasteiger partial charge on any atom is 0.325 e. The topological polar surface area (TPSA) is 69.7 Å². The number of nitrogens with zero attached hydrogens (tertiary/aromatic N) is 2. The Morgan fingerprint density at radius 1 is 1.39 bits per heavy atom. The van der Waals surface area contributed by atoms with Gasteiger partial charge in [0.05, 0.1) is 0 Å². The van der Waals surface area contributed by atoms with E-state index in [1.54, 1.807) is 16.2 Å². The SMILES string of the molecule is CCN(CC)C(=O)CN1C(=O)N[C@]2(CCCc3sccc32)C1=O. The average molecular weight is 335 g/mol. The smallest absolute Gasteiger partial charge is 0.325 e. The highest BCUT2D eigenvalue weighted by molar-refractivity contribution is 7.10. The normalized spacial score (nSPS) is 23.1. The number of aryl methyl sites for hydroxylation is 1. The molecule has 1 spiro atoms. The number of nitrogens with one attached hydrogen (secondary N) is 1. The van der Waals surface area contributed by atoms with Gasteiger partial charge in [0.2, 0.25) is 5.91 Å². The highest BCUT2D eigenvalue weighted by Gasteiger charge is 2.54. The molecule has 2 heterocycles. The maximum absolute atomic E-state index is 13.0. The lowest BCUT2D eigenvalue weighted by atomic mass is 9.80. The van der Waals surface area contributed by atoms with Crippen LogP contribution in [-0.2, 0) is 21.5 Å². The zero-order valence-corrected chi connectivity index (χ0v) is 14.2. The van der Waals surface area contributed by atoms with E-state index in [4.69, 9.17) is 0 Å². The van der Waals surface area contributed by atoms with Crippen LogP contribution in [0.3, 0.4) is 0 Å². The molecule has 1 atom stereocenters. The third kappa shape index (κ3) is 2.43. The third-order valence-corrected chi connectivity index (χ3v) is 5.73. The van der Waals surface area contributed by atoms with Gasteiger partial charge in [-0.15, -0.1) is 11.3 Å². The van der Waals surface area contributed by atoms with Crippen molar-refractivity contribution < 1.29 is 14.4 Å². The van der Waals surface area contributed by atoms with Crippen LogP contribution in [0.2, 0.25) is 0 Å². The number of fused-ring (bicyclic) bond motifs is 2. The van der Waals surface area contributed by atoms with Gasteiger partial charge >= 0.3 is 6.03 Å². The molecule has 2 aliphatic rings. The molecule has 0 bridgehead atoms. The molecule has 7 heteroatoms. The van der Waals surface area contributed by atoms with Crippen molar-refractivity contribution >= 4 is 29.2 Å². The molecule has 1 fully saturated rings. The maximum atomic E-state index is 13.0. The van der Waals surface area contributed by atoms with Crippen LogP contribution in [0, 0.1) is 0 Å². The van der Waals surface area contributed by atoms with Crippen LogP contribution in [-0.4, -0.2) is 47.3 Å². The number of carbonyl (C=O) groups is 3. The standard InChI is InChI=1S/C16H21N3O3S/c1-3-18(4-2)13(20)10-19-14(21)16(17-15(19)22)8-5-6-12-11(16)7-9-23-12/h7,9H,3-6,8,10H2,1-2H3,(H,17,22)/t16-/m0/s1. The molecule has 124 valence electrons. The fourth-order valence-corrected chi connectivity index (χ4v) is 4.50. The van der Waals surface area contributed by atoms with Gasteiger partial charge in [-0.05, 0) is 44.6 Å². The van der Waals surface area contributed by atoms with E-state index in [0.29, 0.717) is 19.5 Å². The van der Waals surface area contributed by atoms with Crippen molar-refractivity contribution in [2.45, 2.75) is 38.6 Å². The van der Waals surface area contributed by atoms with Crippen LogP contribution in [0.4, 0.5) is 4.79 Å².